The second-order valence-electron chi connectivity index (χ2n) is 5.51. The van der Waals surface area contributed by atoms with Gasteiger partial charge in [-0.05, 0) is 35.7 Å². The number of hydrogen-bond donors (Lipinski definition) is 2. The minimum atomic E-state index is -0.458. The van der Waals surface area contributed by atoms with E-state index in [1.165, 1.54) is 12.1 Å². The highest BCUT2D eigenvalue weighted by molar-refractivity contribution is 6.05. The molecule has 0 radical (unpaired) electrons. The van der Waals surface area contributed by atoms with Crippen LogP contribution in [0.3, 0.4) is 0 Å². The third-order valence-corrected chi connectivity index (χ3v) is 3.82. The molecular weight excluding hydrogens is 307 g/mol. The lowest BCUT2D eigenvalue weighted by Crippen LogP contribution is -2.26. The maximum atomic E-state index is 13.7. The van der Waals surface area contributed by atoms with Crippen LogP contribution < -0.4 is 5.32 Å². The number of aromatic nitrogens is 1. The van der Waals surface area contributed by atoms with E-state index in [2.05, 4.69) is 10.3 Å². The topological polar surface area (TPSA) is 62.2 Å². The van der Waals surface area contributed by atoms with Gasteiger partial charge in [-0.1, -0.05) is 30.3 Å². The zero-order valence-corrected chi connectivity index (χ0v) is 13.0. The maximum absolute atomic E-state index is 13.7. The van der Waals surface area contributed by atoms with Crippen LogP contribution in [0.15, 0.2) is 54.7 Å². The van der Waals surface area contributed by atoms with Crippen molar-refractivity contribution in [1.29, 1.82) is 0 Å². The fourth-order valence-electron chi connectivity index (χ4n) is 2.56. The summed E-state index contributed by atoms with van der Waals surface area (Å²) in [6, 6.07) is 13.5. The van der Waals surface area contributed by atoms with Crippen LogP contribution in [0.1, 0.15) is 21.5 Å². The number of carbonyl (C=O) groups is 1. The number of rotatable bonds is 5. The predicted molar refractivity (Wildman–Crippen MR) is 90.1 cm³/mol. The molecule has 0 fully saturated rings. The Morgan fingerprint density at radius 3 is 2.62 bits per heavy atom. The minimum Gasteiger partial charge on any atom is -0.392 e. The van der Waals surface area contributed by atoms with Crippen molar-refractivity contribution >= 4 is 16.8 Å². The number of fused-ring (bicyclic) bond motifs is 1. The summed E-state index contributed by atoms with van der Waals surface area (Å²) in [5.41, 5.74) is 2.62. The monoisotopic (exact) mass is 324 g/mol. The van der Waals surface area contributed by atoms with Crippen molar-refractivity contribution in [3.8, 4) is 0 Å². The Morgan fingerprint density at radius 1 is 1.12 bits per heavy atom. The maximum Gasteiger partial charge on any atom is 0.253 e. The molecule has 2 N–H and O–H groups in total. The van der Waals surface area contributed by atoms with E-state index < -0.39 is 5.82 Å². The summed E-state index contributed by atoms with van der Waals surface area (Å²) in [5, 5.41) is 12.4. The molecule has 0 saturated carbocycles. The standard InChI is InChI=1S/C19H17FN2O2/c20-16-10-15-2-1-8-21-18(15)17(11-16)19(24)22-9-7-13-3-5-14(12-23)6-4-13/h1-6,8,10-11,23H,7,9,12H2,(H,22,24). The minimum absolute atomic E-state index is 0.0106. The van der Waals surface area contributed by atoms with Crippen molar-refractivity contribution in [2.45, 2.75) is 13.0 Å². The van der Waals surface area contributed by atoms with Crippen LogP contribution in [-0.2, 0) is 13.0 Å². The Morgan fingerprint density at radius 2 is 1.88 bits per heavy atom. The molecule has 0 spiro atoms. The zero-order valence-electron chi connectivity index (χ0n) is 13.0. The average molecular weight is 324 g/mol. The molecule has 0 atom stereocenters. The summed E-state index contributed by atoms with van der Waals surface area (Å²) in [7, 11) is 0. The van der Waals surface area contributed by atoms with Crippen LogP contribution >= 0.6 is 0 Å². The number of benzene rings is 2. The first-order valence-corrected chi connectivity index (χ1v) is 7.68. The molecule has 5 heteroatoms. The second-order valence-corrected chi connectivity index (χ2v) is 5.51. The summed E-state index contributed by atoms with van der Waals surface area (Å²) in [4.78, 5) is 16.5. The zero-order chi connectivity index (χ0) is 16.9. The lowest BCUT2D eigenvalue weighted by molar-refractivity contribution is 0.0955. The summed E-state index contributed by atoms with van der Waals surface area (Å²) >= 11 is 0. The van der Waals surface area contributed by atoms with Gasteiger partial charge in [-0.3, -0.25) is 9.78 Å². The molecule has 122 valence electrons. The lowest BCUT2D eigenvalue weighted by Gasteiger charge is -2.08. The van der Waals surface area contributed by atoms with Crippen molar-refractivity contribution in [2.24, 2.45) is 0 Å². The molecule has 2 aromatic carbocycles. The van der Waals surface area contributed by atoms with E-state index in [0.29, 0.717) is 23.9 Å². The molecule has 0 aliphatic carbocycles. The molecule has 0 unspecified atom stereocenters. The Balaban J connectivity index is 1.69. The van der Waals surface area contributed by atoms with Gasteiger partial charge in [0.25, 0.3) is 5.91 Å². The molecule has 1 heterocycles. The van der Waals surface area contributed by atoms with E-state index in [1.807, 2.05) is 24.3 Å². The normalized spacial score (nSPS) is 10.8. The molecule has 0 bridgehead atoms. The van der Waals surface area contributed by atoms with Crippen LogP contribution in [0.25, 0.3) is 10.9 Å². The number of hydrogen-bond acceptors (Lipinski definition) is 3. The van der Waals surface area contributed by atoms with Gasteiger partial charge < -0.3 is 10.4 Å². The lowest BCUT2D eigenvalue weighted by atomic mass is 10.1. The van der Waals surface area contributed by atoms with Gasteiger partial charge in [0.1, 0.15) is 5.82 Å². The number of halogens is 1. The summed E-state index contributed by atoms with van der Waals surface area (Å²) in [5.74, 6) is -0.801. The van der Waals surface area contributed by atoms with Gasteiger partial charge in [-0.2, -0.15) is 0 Å². The van der Waals surface area contributed by atoms with Crippen LogP contribution in [0.2, 0.25) is 0 Å². The van der Waals surface area contributed by atoms with Gasteiger partial charge >= 0.3 is 0 Å². The molecule has 0 saturated heterocycles. The Kier molecular flexibility index (Phi) is 4.82. The van der Waals surface area contributed by atoms with E-state index in [0.717, 1.165) is 11.1 Å². The van der Waals surface area contributed by atoms with Crippen LogP contribution in [0, 0.1) is 5.82 Å². The third kappa shape index (κ3) is 3.58. The first kappa shape index (κ1) is 16.1. The van der Waals surface area contributed by atoms with Crippen molar-refractivity contribution < 1.29 is 14.3 Å². The van der Waals surface area contributed by atoms with Crippen molar-refractivity contribution in [2.75, 3.05) is 6.54 Å². The number of nitrogens with one attached hydrogen (secondary N) is 1. The predicted octanol–water partition coefficient (Wildman–Crippen LogP) is 2.84. The largest absolute Gasteiger partial charge is 0.392 e. The first-order chi connectivity index (χ1) is 11.7. The van der Waals surface area contributed by atoms with E-state index in [9.17, 15) is 9.18 Å². The van der Waals surface area contributed by atoms with Crippen LogP contribution in [0.4, 0.5) is 4.39 Å². The van der Waals surface area contributed by atoms with Crippen LogP contribution in [0.5, 0.6) is 0 Å². The van der Waals surface area contributed by atoms with Gasteiger partial charge in [0.2, 0.25) is 0 Å². The van der Waals surface area contributed by atoms with Gasteiger partial charge in [0, 0.05) is 18.1 Å². The van der Waals surface area contributed by atoms with Gasteiger partial charge in [0.05, 0.1) is 17.7 Å². The van der Waals surface area contributed by atoms with Crippen molar-refractivity contribution in [3.05, 3.63) is 77.2 Å². The first-order valence-electron chi connectivity index (χ1n) is 7.68. The highest BCUT2D eigenvalue weighted by atomic mass is 19.1. The molecule has 3 rings (SSSR count). The SMILES string of the molecule is O=C(NCCc1ccc(CO)cc1)c1cc(F)cc2cccnc12. The summed E-state index contributed by atoms with van der Waals surface area (Å²) in [6.45, 7) is 0.443. The molecule has 1 aromatic heterocycles. The van der Waals surface area contributed by atoms with Crippen molar-refractivity contribution in [1.82, 2.24) is 10.3 Å². The highest BCUT2D eigenvalue weighted by Gasteiger charge is 2.12. The quantitative estimate of drug-likeness (QED) is 0.758. The fourth-order valence-corrected chi connectivity index (χ4v) is 2.56. The highest BCUT2D eigenvalue weighted by Crippen LogP contribution is 2.18. The number of aliphatic hydroxyl groups is 1. The molecule has 4 nitrogen and oxygen atoms in total. The Bertz CT molecular complexity index is 863. The average Bonchev–Trinajstić information content (AvgIpc) is 2.61. The van der Waals surface area contributed by atoms with Gasteiger partial charge in [-0.25, -0.2) is 4.39 Å². The van der Waals surface area contributed by atoms with Crippen LogP contribution in [-0.4, -0.2) is 22.5 Å². The molecule has 24 heavy (non-hydrogen) atoms. The molecule has 0 aliphatic rings. The Labute approximate surface area is 139 Å². The van der Waals surface area contributed by atoms with E-state index in [1.54, 1.807) is 18.3 Å². The summed E-state index contributed by atoms with van der Waals surface area (Å²) < 4.78 is 13.7. The van der Waals surface area contributed by atoms with E-state index in [4.69, 9.17) is 5.11 Å². The smallest absolute Gasteiger partial charge is 0.253 e. The number of amides is 1. The number of nitrogens with zero attached hydrogens (tertiary/aromatic N) is 1. The number of pyridine rings is 1. The van der Waals surface area contributed by atoms with Gasteiger partial charge in [0.15, 0.2) is 0 Å². The molecule has 3 aromatic rings. The molecular formula is C19H17FN2O2. The van der Waals surface area contributed by atoms with E-state index >= 15 is 0 Å². The van der Waals surface area contributed by atoms with E-state index in [-0.39, 0.29) is 18.1 Å². The Hall–Kier alpha value is -2.79. The van der Waals surface area contributed by atoms with Crippen molar-refractivity contribution in [3.63, 3.8) is 0 Å². The third-order valence-electron chi connectivity index (χ3n) is 3.82. The number of aliphatic hydroxyl groups excluding tert-OH is 1. The molecule has 1 amide bonds. The molecule has 0 aliphatic heterocycles. The number of carbonyl (C=O) groups excluding carboxylic acids is 1. The van der Waals surface area contributed by atoms with Gasteiger partial charge in [-0.15, -0.1) is 0 Å². The second kappa shape index (κ2) is 7.19. The summed E-state index contributed by atoms with van der Waals surface area (Å²) in [6.07, 6.45) is 2.23. The fraction of sp³-hybridized carbons (Fsp3) is 0.158.